The number of allylic oxidation sites excluding steroid dienone is 2. The van der Waals surface area contributed by atoms with Gasteiger partial charge in [-0.1, -0.05) is 31.5 Å². The molecule has 3 rings (SSSR count). The lowest BCUT2D eigenvalue weighted by Gasteiger charge is -2.12. The molecule has 0 aliphatic heterocycles. The monoisotopic (exact) mass is 412 g/mol. The molecule has 0 aliphatic carbocycles. The molecule has 0 spiro atoms. The molecule has 0 saturated heterocycles. The van der Waals surface area contributed by atoms with E-state index >= 15 is 0 Å². The summed E-state index contributed by atoms with van der Waals surface area (Å²) in [4.78, 5) is 21.0. The van der Waals surface area contributed by atoms with Crippen LogP contribution in [0.1, 0.15) is 50.1 Å². The molecule has 0 atom stereocenters. The van der Waals surface area contributed by atoms with E-state index in [0.29, 0.717) is 34.4 Å². The fraction of sp³-hybridized carbons (Fsp3) is 0.292. The van der Waals surface area contributed by atoms with Crippen LogP contribution in [-0.2, 0) is 11.0 Å². The number of carbonyl (C=O) groups excluding carboxylic acids is 1. The first-order chi connectivity index (χ1) is 14.2. The van der Waals surface area contributed by atoms with Crippen molar-refractivity contribution in [2.45, 2.75) is 46.2 Å². The standard InChI is InChI=1S/C24H23F3N2O/c1-4-5-9-20(30)12-15(2)17-10-11-22-21(14-17)23(29-16(3)28-22)18-7-6-8-19(13-18)24(25,26)27/h6-8,10-14H,4-5,9H2,1-3H3/b15-12+. The number of nitrogens with zero attached hydrogens (tertiary/aromatic N) is 2. The normalized spacial score (nSPS) is 12.4. The number of carbonyl (C=O) groups is 1. The summed E-state index contributed by atoms with van der Waals surface area (Å²) in [6.45, 7) is 5.59. The largest absolute Gasteiger partial charge is 0.416 e. The van der Waals surface area contributed by atoms with Gasteiger partial charge in [0.15, 0.2) is 5.78 Å². The van der Waals surface area contributed by atoms with E-state index in [4.69, 9.17) is 0 Å². The highest BCUT2D eigenvalue weighted by Gasteiger charge is 2.30. The Labute approximate surface area is 173 Å². The molecule has 3 aromatic rings. The smallest absolute Gasteiger partial charge is 0.295 e. The molecule has 0 saturated carbocycles. The van der Waals surface area contributed by atoms with Crippen molar-refractivity contribution < 1.29 is 18.0 Å². The summed E-state index contributed by atoms with van der Waals surface area (Å²) < 4.78 is 39.6. The van der Waals surface area contributed by atoms with Gasteiger partial charge >= 0.3 is 6.18 Å². The molecule has 2 aromatic carbocycles. The molecular weight excluding hydrogens is 389 g/mol. The van der Waals surface area contributed by atoms with Crippen molar-refractivity contribution in [1.29, 1.82) is 0 Å². The van der Waals surface area contributed by atoms with Gasteiger partial charge in [-0.05, 0) is 61.7 Å². The van der Waals surface area contributed by atoms with Gasteiger partial charge in [-0.2, -0.15) is 13.2 Å². The molecule has 156 valence electrons. The number of hydrogen-bond acceptors (Lipinski definition) is 3. The van der Waals surface area contributed by atoms with Gasteiger partial charge in [-0.3, -0.25) is 4.79 Å². The van der Waals surface area contributed by atoms with E-state index in [1.807, 2.05) is 32.0 Å². The Morgan fingerprint density at radius 1 is 1.10 bits per heavy atom. The number of fused-ring (bicyclic) bond motifs is 1. The van der Waals surface area contributed by atoms with E-state index in [9.17, 15) is 18.0 Å². The van der Waals surface area contributed by atoms with Gasteiger partial charge in [-0.25, -0.2) is 9.97 Å². The zero-order valence-corrected chi connectivity index (χ0v) is 17.2. The highest BCUT2D eigenvalue weighted by atomic mass is 19.4. The average molecular weight is 412 g/mol. The first-order valence-corrected chi connectivity index (χ1v) is 9.86. The average Bonchev–Trinajstić information content (AvgIpc) is 2.70. The quantitative estimate of drug-likeness (QED) is 0.419. The fourth-order valence-electron chi connectivity index (χ4n) is 3.30. The van der Waals surface area contributed by atoms with Crippen LogP contribution in [0.5, 0.6) is 0 Å². The van der Waals surface area contributed by atoms with Crippen LogP contribution in [0.4, 0.5) is 13.2 Å². The summed E-state index contributed by atoms with van der Waals surface area (Å²) >= 11 is 0. The van der Waals surface area contributed by atoms with Gasteiger partial charge in [-0.15, -0.1) is 0 Å². The van der Waals surface area contributed by atoms with Crippen molar-refractivity contribution in [2.24, 2.45) is 0 Å². The maximum Gasteiger partial charge on any atom is 0.416 e. The van der Waals surface area contributed by atoms with Gasteiger partial charge in [0.25, 0.3) is 0 Å². The number of alkyl halides is 3. The van der Waals surface area contributed by atoms with Gasteiger partial charge in [0.05, 0.1) is 16.8 Å². The summed E-state index contributed by atoms with van der Waals surface area (Å²) in [5, 5.41) is 0.645. The lowest BCUT2D eigenvalue weighted by atomic mass is 9.99. The predicted octanol–water partition coefficient (Wildman–Crippen LogP) is 6.79. The van der Waals surface area contributed by atoms with E-state index in [1.54, 1.807) is 19.1 Å². The Hall–Kier alpha value is -3.02. The van der Waals surface area contributed by atoms with Crippen molar-refractivity contribution in [1.82, 2.24) is 9.97 Å². The van der Waals surface area contributed by atoms with Crippen LogP contribution in [0.2, 0.25) is 0 Å². The van der Waals surface area contributed by atoms with Crippen LogP contribution < -0.4 is 0 Å². The third kappa shape index (κ3) is 4.93. The van der Waals surface area contributed by atoms with E-state index < -0.39 is 11.7 Å². The molecule has 30 heavy (non-hydrogen) atoms. The zero-order valence-electron chi connectivity index (χ0n) is 17.2. The minimum atomic E-state index is -4.43. The molecule has 1 heterocycles. The number of aryl methyl sites for hydroxylation is 1. The molecule has 0 unspecified atom stereocenters. The second-order valence-corrected chi connectivity index (χ2v) is 7.33. The molecule has 0 fully saturated rings. The molecule has 0 amide bonds. The van der Waals surface area contributed by atoms with Gasteiger partial charge in [0.2, 0.25) is 0 Å². The van der Waals surface area contributed by atoms with Gasteiger partial charge in [0.1, 0.15) is 5.82 Å². The maximum absolute atomic E-state index is 13.2. The number of unbranched alkanes of at least 4 members (excludes halogenated alkanes) is 1. The van der Waals surface area contributed by atoms with Gasteiger partial charge in [0, 0.05) is 17.4 Å². The second kappa shape index (κ2) is 8.78. The third-order valence-corrected chi connectivity index (χ3v) is 4.88. The lowest BCUT2D eigenvalue weighted by Crippen LogP contribution is -2.05. The molecular formula is C24H23F3N2O. The van der Waals surface area contributed by atoms with Crippen LogP contribution in [-0.4, -0.2) is 15.8 Å². The fourth-order valence-corrected chi connectivity index (χ4v) is 3.30. The second-order valence-electron chi connectivity index (χ2n) is 7.33. The molecule has 3 nitrogen and oxygen atoms in total. The highest BCUT2D eigenvalue weighted by Crippen LogP contribution is 2.34. The summed E-state index contributed by atoms with van der Waals surface area (Å²) in [6.07, 6.45) is -0.523. The summed E-state index contributed by atoms with van der Waals surface area (Å²) in [7, 11) is 0. The lowest BCUT2D eigenvalue weighted by molar-refractivity contribution is -0.137. The number of halogens is 3. The number of hydrogen-bond donors (Lipinski definition) is 0. The first kappa shape index (κ1) is 21.7. The number of ketones is 1. The minimum absolute atomic E-state index is 0.0627. The Balaban J connectivity index is 2.11. The van der Waals surface area contributed by atoms with Crippen molar-refractivity contribution >= 4 is 22.3 Å². The van der Waals surface area contributed by atoms with Crippen LogP contribution in [0.15, 0.2) is 48.5 Å². The number of benzene rings is 2. The van der Waals surface area contributed by atoms with Crippen molar-refractivity contribution in [2.75, 3.05) is 0 Å². The van der Waals surface area contributed by atoms with E-state index in [0.717, 1.165) is 36.1 Å². The topological polar surface area (TPSA) is 42.9 Å². The Morgan fingerprint density at radius 3 is 2.57 bits per heavy atom. The number of rotatable bonds is 6. The maximum atomic E-state index is 13.2. The van der Waals surface area contributed by atoms with Crippen LogP contribution in [0.25, 0.3) is 27.7 Å². The summed E-state index contributed by atoms with van der Waals surface area (Å²) in [6, 6.07) is 10.6. The Kier molecular flexibility index (Phi) is 6.34. The van der Waals surface area contributed by atoms with Crippen molar-refractivity contribution in [3.05, 3.63) is 65.5 Å². The highest BCUT2D eigenvalue weighted by molar-refractivity contribution is 5.99. The van der Waals surface area contributed by atoms with Crippen LogP contribution >= 0.6 is 0 Å². The zero-order chi connectivity index (χ0) is 21.9. The Morgan fingerprint density at radius 2 is 1.87 bits per heavy atom. The first-order valence-electron chi connectivity index (χ1n) is 9.86. The van der Waals surface area contributed by atoms with Gasteiger partial charge < -0.3 is 0 Å². The van der Waals surface area contributed by atoms with Crippen LogP contribution in [0, 0.1) is 6.92 Å². The number of aromatic nitrogens is 2. The third-order valence-electron chi connectivity index (χ3n) is 4.88. The molecule has 1 aromatic heterocycles. The van der Waals surface area contributed by atoms with Crippen LogP contribution in [0.3, 0.4) is 0 Å². The molecule has 0 radical (unpaired) electrons. The molecule has 6 heteroatoms. The predicted molar refractivity (Wildman–Crippen MR) is 113 cm³/mol. The molecule has 0 bridgehead atoms. The minimum Gasteiger partial charge on any atom is -0.295 e. The van der Waals surface area contributed by atoms with Crippen molar-refractivity contribution in [3.8, 4) is 11.3 Å². The van der Waals surface area contributed by atoms with Crippen molar-refractivity contribution in [3.63, 3.8) is 0 Å². The van der Waals surface area contributed by atoms with E-state index in [-0.39, 0.29) is 5.78 Å². The summed E-state index contributed by atoms with van der Waals surface area (Å²) in [5.74, 6) is 0.539. The SMILES string of the molecule is CCCCC(=O)/C=C(\C)c1ccc2nc(C)nc(-c3cccc(C(F)(F)F)c3)c2c1. The molecule has 0 N–H and O–H groups in total. The van der Waals surface area contributed by atoms with E-state index in [2.05, 4.69) is 9.97 Å². The Bertz CT molecular complexity index is 1120. The molecule has 0 aliphatic rings. The van der Waals surface area contributed by atoms with E-state index in [1.165, 1.54) is 6.07 Å². The summed E-state index contributed by atoms with van der Waals surface area (Å²) in [5.41, 5.74) is 2.34.